The van der Waals surface area contributed by atoms with E-state index < -0.39 is 0 Å². The molecule has 0 atom stereocenters. The fraction of sp³-hybridized carbons (Fsp3) is 0.591. The summed E-state index contributed by atoms with van der Waals surface area (Å²) in [5, 5.41) is 0. The molecule has 0 spiro atoms. The van der Waals surface area contributed by atoms with E-state index in [1.165, 1.54) is 30.4 Å². The summed E-state index contributed by atoms with van der Waals surface area (Å²) in [6.45, 7) is 8.55. The van der Waals surface area contributed by atoms with Gasteiger partial charge in [-0.25, -0.2) is 4.79 Å². The van der Waals surface area contributed by atoms with Crippen molar-refractivity contribution in [3.05, 3.63) is 47.5 Å². The lowest BCUT2D eigenvalue weighted by molar-refractivity contribution is -0.920. The maximum absolute atomic E-state index is 12.3. The first-order chi connectivity index (χ1) is 12.1. The number of unbranched alkanes of at least 4 members (excludes halogenated alkanes) is 1. The third-order valence-corrected chi connectivity index (χ3v) is 5.14. The molecule has 3 heteroatoms. The number of hydrogen-bond acceptors (Lipinski definition) is 2. The average Bonchev–Trinajstić information content (AvgIpc) is 2.62. The molecule has 138 valence electrons. The predicted molar refractivity (Wildman–Crippen MR) is 103 cm³/mol. The van der Waals surface area contributed by atoms with Crippen LogP contribution in [0.25, 0.3) is 0 Å². The number of ether oxygens (including phenoxy) is 1. The van der Waals surface area contributed by atoms with Crippen LogP contribution in [-0.2, 0) is 16.0 Å². The maximum atomic E-state index is 12.3. The van der Waals surface area contributed by atoms with Crippen molar-refractivity contribution in [2.45, 2.75) is 52.4 Å². The van der Waals surface area contributed by atoms with E-state index in [4.69, 9.17) is 4.74 Å². The standard InChI is InChI=1S/C22H34NO2/c1-3-4-17-25-22(24)19-23(14-9-6-10-15-23)16-13-20(2)18-21-11-7-5-8-12-21/h5,7-8,11-13H,3-4,6,9-10,14-19H2,1-2H3/q+1/b20-13+. The Morgan fingerprint density at radius 3 is 2.56 bits per heavy atom. The van der Waals surface area contributed by atoms with Gasteiger partial charge in [-0.2, -0.15) is 0 Å². The van der Waals surface area contributed by atoms with Crippen LogP contribution in [0.2, 0.25) is 0 Å². The summed E-state index contributed by atoms with van der Waals surface area (Å²) in [4.78, 5) is 12.3. The molecule has 1 heterocycles. The Balaban J connectivity index is 1.94. The zero-order valence-corrected chi connectivity index (χ0v) is 16.0. The lowest BCUT2D eigenvalue weighted by Crippen LogP contribution is -2.54. The zero-order chi connectivity index (χ0) is 18.0. The summed E-state index contributed by atoms with van der Waals surface area (Å²) in [5.74, 6) is -0.0236. The molecule has 0 radical (unpaired) electrons. The van der Waals surface area contributed by atoms with Gasteiger partial charge in [0.2, 0.25) is 0 Å². The first-order valence-electron chi connectivity index (χ1n) is 9.84. The Bertz CT molecular complexity index is 544. The molecule has 0 N–H and O–H groups in total. The molecule has 1 fully saturated rings. The van der Waals surface area contributed by atoms with Gasteiger partial charge in [-0.05, 0) is 50.7 Å². The second kappa shape index (κ2) is 10.4. The Morgan fingerprint density at radius 1 is 1.16 bits per heavy atom. The van der Waals surface area contributed by atoms with Crippen LogP contribution in [0, 0.1) is 0 Å². The van der Waals surface area contributed by atoms with Crippen molar-refractivity contribution in [3.8, 4) is 0 Å². The molecule has 0 amide bonds. The third kappa shape index (κ3) is 7.03. The number of esters is 1. The summed E-state index contributed by atoms with van der Waals surface area (Å²) in [5.41, 5.74) is 2.73. The molecule has 0 aromatic heterocycles. The van der Waals surface area contributed by atoms with E-state index >= 15 is 0 Å². The number of rotatable bonds is 9. The molecule has 0 aliphatic carbocycles. The van der Waals surface area contributed by atoms with Gasteiger partial charge in [0.05, 0.1) is 26.2 Å². The monoisotopic (exact) mass is 344 g/mol. The quantitative estimate of drug-likeness (QED) is 0.285. The minimum atomic E-state index is -0.0236. The van der Waals surface area contributed by atoms with Gasteiger partial charge < -0.3 is 9.22 Å². The average molecular weight is 345 g/mol. The molecule has 1 aromatic rings. The zero-order valence-electron chi connectivity index (χ0n) is 16.0. The Morgan fingerprint density at radius 2 is 1.88 bits per heavy atom. The van der Waals surface area contributed by atoms with E-state index in [9.17, 15) is 4.79 Å². The van der Waals surface area contributed by atoms with Crippen LogP contribution in [0.4, 0.5) is 0 Å². The maximum Gasteiger partial charge on any atom is 0.361 e. The first kappa shape index (κ1) is 19.7. The summed E-state index contributed by atoms with van der Waals surface area (Å²) in [6.07, 6.45) is 9.08. The topological polar surface area (TPSA) is 26.3 Å². The second-order valence-electron chi connectivity index (χ2n) is 7.48. The van der Waals surface area contributed by atoms with Crippen molar-refractivity contribution in [1.82, 2.24) is 0 Å². The van der Waals surface area contributed by atoms with E-state index in [0.717, 1.165) is 43.4 Å². The number of carbonyl (C=O) groups is 1. The van der Waals surface area contributed by atoms with Gasteiger partial charge in [0, 0.05) is 0 Å². The molecule has 3 nitrogen and oxygen atoms in total. The molecular weight excluding hydrogens is 310 g/mol. The number of likely N-dealkylation sites (tertiary alicyclic amines) is 1. The van der Waals surface area contributed by atoms with E-state index in [1.54, 1.807) is 0 Å². The number of nitrogens with zero attached hydrogens (tertiary/aromatic N) is 1. The molecule has 25 heavy (non-hydrogen) atoms. The minimum Gasteiger partial charge on any atom is -0.462 e. The fourth-order valence-electron chi connectivity index (χ4n) is 3.58. The lowest BCUT2D eigenvalue weighted by Gasteiger charge is -2.40. The molecule has 2 rings (SSSR count). The molecule has 0 bridgehead atoms. The Kier molecular flexibility index (Phi) is 8.20. The van der Waals surface area contributed by atoms with Crippen molar-refractivity contribution in [1.29, 1.82) is 0 Å². The SMILES string of the molecule is CCCCOC(=O)C[N+]1(C/C=C(\C)Cc2ccccc2)CCCCC1. The highest BCUT2D eigenvalue weighted by atomic mass is 16.5. The molecule has 0 unspecified atom stereocenters. The molecule has 1 saturated heterocycles. The van der Waals surface area contributed by atoms with Crippen LogP contribution in [0.15, 0.2) is 42.0 Å². The van der Waals surface area contributed by atoms with E-state index in [2.05, 4.69) is 50.3 Å². The first-order valence-corrected chi connectivity index (χ1v) is 9.84. The van der Waals surface area contributed by atoms with E-state index in [-0.39, 0.29) is 5.97 Å². The van der Waals surface area contributed by atoms with Crippen molar-refractivity contribution in [2.75, 3.05) is 32.8 Å². The van der Waals surface area contributed by atoms with Crippen LogP contribution >= 0.6 is 0 Å². The number of carbonyl (C=O) groups excluding carboxylic acids is 1. The number of piperidine rings is 1. The minimum absolute atomic E-state index is 0.0236. The van der Waals surface area contributed by atoms with Crippen LogP contribution in [-0.4, -0.2) is 43.2 Å². The van der Waals surface area contributed by atoms with Crippen LogP contribution < -0.4 is 0 Å². The number of allylic oxidation sites excluding steroid dienone is 1. The summed E-state index contributed by atoms with van der Waals surface area (Å²) in [7, 11) is 0. The Hall–Kier alpha value is -1.61. The highest BCUT2D eigenvalue weighted by Crippen LogP contribution is 2.20. The van der Waals surface area contributed by atoms with Gasteiger partial charge in [-0.1, -0.05) is 49.2 Å². The predicted octanol–water partition coefficient (Wildman–Crippen LogP) is 4.52. The van der Waals surface area contributed by atoms with Gasteiger partial charge in [0.25, 0.3) is 0 Å². The molecule has 1 aromatic carbocycles. The van der Waals surface area contributed by atoms with Gasteiger partial charge >= 0.3 is 5.97 Å². The van der Waals surface area contributed by atoms with Crippen LogP contribution in [0.1, 0.15) is 51.5 Å². The van der Waals surface area contributed by atoms with E-state index in [1.807, 2.05) is 0 Å². The largest absolute Gasteiger partial charge is 0.462 e. The molecule has 1 aliphatic heterocycles. The van der Waals surface area contributed by atoms with Gasteiger partial charge in [-0.15, -0.1) is 0 Å². The molecular formula is C22H34NO2+. The van der Waals surface area contributed by atoms with Crippen molar-refractivity contribution >= 4 is 5.97 Å². The third-order valence-electron chi connectivity index (χ3n) is 5.14. The van der Waals surface area contributed by atoms with Crippen LogP contribution in [0.5, 0.6) is 0 Å². The van der Waals surface area contributed by atoms with Gasteiger partial charge in [0.1, 0.15) is 0 Å². The van der Waals surface area contributed by atoms with Crippen molar-refractivity contribution in [3.63, 3.8) is 0 Å². The second-order valence-corrected chi connectivity index (χ2v) is 7.48. The normalized spacial score (nSPS) is 17.3. The summed E-state index contributed by atoms with van der Waals surface area (Å²) >= 11 is 0. The summed E-state index contributed by atoms with van der Waals surface area (Å²) < 4.78 is 6.31. The number of hydrogen-bond donors (Lipinski definition) is 0. The number of benzene rings is 1. The Labute approximate surface area is 153 Å². The smallest absolute Gasteiger partial charge is 0.361 e. The summed E-state index contributed by atoms with van der Waals surface area (Å²) in [6, 6.07) is 10.6. The highest BCUT2D eigenvalue weighted by Gasteiger charge is 2.32. The van der Waals surface area contributed by atoms with Gasteiger partial charge in [0.15, 0.2) is 6.54 Å². The highest BCUT2D eigenvalue weighted by molar-refractivity contribution is 5.70. The van der Waals surface area contributed by atoms with E-state index in [0.29, 0.717) is 13.2 Å². The fourth-order valence-corrected chi connectivity index (χ4v) is 3.58. The molecule has 1 aliphatic rings. The number of quaternary nitrogens is 1. The van der Waals surface area contributed by atoms with Gasteiger partial charge in [-0.3, -0.25) is 0 Å². The lowest BCUT2D eigenvalue weighted by atomic mass is 10.0. The van der Waals surface area contributed by atoms with Crippen molar-refractivity contribution < 1.29 is 14.0 Å². The van der Waals surface area contributed by atoms with Crippen molar-refractivity contribution in [2.24, 2.45) is 0 Å². The van der Waals surface area contributed by atoms with Crippen LogP contribution in [0.3, 0.4) is 0 Å². The molecule has 0 saturated carbocycles.